The highest BCUT2D eigenvalue weighted by Gasteiger charge is 2.37. The second kappa shape index (κ2) is 9.51. The van der Waals surface area contributed by atoms with Crippen LogP contribution in [0.5, 0.6) is 0 Å². The van der Waals surface area contributed by atoms with E-state index in [0.717, 1.165) is 23.1 Å². The van der Waals surface area contributed by atoms with Gasteiger partial charge in [0, 0.05) is 38.4 Å². The highest BCUT2D eigenvalue weighted by molar-refractivity contribution is 5.96. The Balaban J connectivity index is 1.58. The first kappa shape index (κ1) is 20.7. The monoisotopic (exact) mass is 414 g/mol. The summed E-state index contributed by atoms with van der Waals surface area (Å²) in [4.78, 5) is 38.0. The van der Waals surface area contributed by atoms with Crippen molar-refractivity contribution >= 4 is 11.8 Å². The fourth-order valence-corrected chi connectivity index (χ4v) is 4.01. The molecule has 2 aromatic carbocycles. The molecular weight excluding hydrogens is 388 g/mol. The number of rotatable bonds is 6. The summed E-state index contributed by atoms with van der Waals surface area (Å²) >= 11 is 0. The Morgan fingerprint density at radius 2 is 1.74 bits per heavy atom. The van der Waals surface area contributed by atoms with Crippen LogP contribution in [0.2, 0.25) is 0 Å². The van der Waals surface area contributed by atoms with Gasteiger partial charge in [-0.2, -0.15) is 0 Å². The molecule has 2 heterocycles. The number of carbonyl (C=O) groups is 2. The fourth-order valence-electron chi connectivity index (χ4n) is 4.01. The lowest BCUT2D eigenvalue weighted by Gasteiger charge is -2.40. The molecule has 0 radical (unpaired) electrons. The highest BCUT2D eigenvalue weighted by Crippen LogP contribution is 2.22. The maximum atomic E-state index is 13.3. The molecule has 158 valence electrons. The summed E-state index contributed by atoms with van der Waals surface area (Å²) in [5.41, 5.74) is 3.56. The predicted molar refractivity (Wildman–Crippen MR) is 119 cm³/mol. The number of nitrogens with zero attached hydrogens (tertiary/aromatic N) is 4. The van der Waals surface area contributed by atoms with Gasteiger partial charge >= 0.3 is 0 Å². The molecule has 31 heavy (non-hydrogen) atoms. The number of carbonyl (C=O) groups excluding carboxylic acids is 2. The minimum absolute atomic E-state index is 0.00234. The Bertz CT molecular complexity index is 1020. The number of hydrogen-bond acceptors (Lipinski definition) is 4. The number of benzene rings is 2. The van der Waals surface area contributed by atoms with E-state index in [-0.39, 0.29) is 17.5 Å². The van der Waals surface area contributed by atoms with Crippen LogP contribution >= 0.6 is 0 Å². The molecule has 6 heteroatoms. The molecule has 1 atom stereocenters. The molecule has 1 saturated heterocycles. The van der Waals surface area contributed by atoms with Crippen LogP contribution in [0.4, 0.5) is 0 Å². The van der Waals surface area contributed by atoms with Gasteiger partial charge in [-0.3, -0.25) is 14.6 Å². The van der Waals surface area contributed by atoms with Gasteiger partial charge in [0.15, 0.2) is 0 Å². The predicted octanol–water partition coefficient (Wildman–Crippen LogP) is 3.45. The lowest BCUT2D eigenvalue weighted by Crippen LogP contribution is -2.59. The Hall–Kier alpha value is -3.54. The fraction of sp³-hybridized carbons (Fsp3) is 0.280. The van der Waals surface area contributed by atoms with Gasteiger partial charge in [-0.05, 0) is 23.1 Å². The molecule has 4 rings (SSSR count). The van der Waals surface area contributed by atoms with Gasteiger partial charge in [-0.15, -0.1) is 0 Å². The molecule has 1 fully saturated rings. The average Bonchev–Trinajstić information content (AvgIpc) is 2.83. The van der Waals surface area contributed by atoms with Crippen molar-refractivity contribution in [2.75, 3.05) is 19.6 Å². The van der Waals surface area contributed by atoms with E-state index < -0.39 is 6.04 Å². The highest BCUT2D eigenvalue weighted by atomic mass is 16.2. The normalized spacial score (nSPS) is 16.4. The van der Waals surface area contributed by atoms with Crippen molar-refractivity contribution in [2.45, 2.75) is 25.8 Å². The van der Waals surface area contributed by atoms with Gasteiger partial charge in [-0.25, -0.2) is 4.98 Å². The molecule has 1 aliphatic heterocycles. The van der Waals surface area contributed by atoms with Crippen molar-refractivity contribution in [2.24, 2.45) is 0 Å². The van der Waals surface area contributed by atoms with Gasteiger partial charge < -0.3 is 9.80 Å². The number of aromatic nitrogens is 2. The summed E-state index contributed by atoms with van der Waals surface area (Å²) < 4.78 is 0. The van der Waals surface area contributed by atoms with E-state index in [0.29, 0.717) is 26.1 Å². The summed E-state index contributed by atoms with van der Waals surface area (Å²) in [6, 6.07) is 17.8. The van der Waals surface area contributed by atoms with Crippen LogP contribution in [-0.2, 0) is 11.2 Å². The molecule has 0 saturated carbocycles. The third-order valence-corrected chi connectivity index (χ3v) is 5.61. The van der Waals surface area contributed by atoms with Crippen molar-refractivity contribution in [1.82, 2.24) is 19.8 Å². The van der Waals surface area contributed by atoms with Gasteiger partial charge in [0.2, 0.25) is 5.91 Å². The summed E-state index contributed by atoms with van der Waals surface area (Å²) in [6.07, 6.45) is 5.85. The standard InChI is InChI=1S/C25H26N4O2/c1-2-14-28-15-16-29(24(30)22-18-26-12-13-27-22)23(25(28)31)17-19-8-10-21(11-9-19)20-6-4-3-5-7-20/h3-13,18,23H,2,14-17H2,1H3/t23-/m1/s1. The lowest BCUT2D eigenvalue weighted by atomic mass is 9.98. The van der Waals surface area contributed by atoms with E-state index in [1.807, 2.05) is 35.2 Å². The van der Waals surface area contributed by atoms with E-state index in [2.05, 4.69) is 41.2 Å². The molecule has 1 aliphatic rings. The molecule has 2 amide bonds. The molecular formula is C25H26N4O2. The Morgan fingerprint density at radius 3 is 2.42 bits per heavy atom. The van der Waals surface area contributed by atoms with E-state index >= 15 is 0 Å². The first-order chi connectivity index (χ1) is 15.2. The first-order valence-corrected chi connectivity index (χ1v) is 10.7. The smallest absolute Gasteiger partial charge is 0.274 e. The van der Waals surface area contributed by atoms with E-state index in [1.165, 1.54) is 18.6 Å². The summed E-state index contributed by atoms with van der Waals surface area (Å²) in [5, 5.41) is 0. The van der Waals surface area contributed by atoms with Crippen molar-refractivity contribution in [1.29, 1.82) is 0 Å². The molecule has 0 aliphatic carbocycles. The van der Waals surface area contributed by atoms with Crippen molar-refractivity contribution in [3.8, 4) is 11.1 Å². The zero-order valence-electron chi connectivity index (χ0n) is 17.6. The maximum Gasteiger partial charge on any atom is 0.274 e. The van der Waals surface area contributed by atoms with Gasteiger partial charge in [0.25, 0.3) is 5.91 Å². The Kier molecular flexibility index (Phi) is 6.36. The molecule has 0 spiro atoms. The summed E-state index contributed by atoms with van der Waals surface area (Å²) in [5.74, 6) is -0.249. The van der Waals surface area contributed by atoms with Gasteiger partial charge in [-0.1, -0.05) is 61.5 Å². The van der Waals surface area contributed by atoms with Crippen molar-refractivity contribution in [3.63, 3.8) is 0 Å². The van der Waals surface area contributed by atoms with Crippen LogP contribution < -0.4 is 0 Å². The van der Waals surface area contributed by atoms with Gasteiger partial charge in [0.05, 0.1) is 6.20 Å². The molecule has 1 aromatic heterocycles. The van der Waals surface area contributed by atoms with Crippen LogP contribution in [-0.4, -0.2) is 57.3 Å². The van der Waals surface area contributed by atoms with Crippen molar-refractivity contribution < 1.29 is 9.59 Å². The molecule has 0 bridgehead atoms. The van der Waals surface area contributed by atoms with Crippen LogP contribution in [0.15, 0.2) is 73.2 Å². The minimum Gasteiger partial charge on any atom is -0.339 e. The first-order valence-electron chi connectivity index (χ1n) is 10.7. The topological polar surface area (TPSA) is 66.4 Å². The van der Waals surface area contributed by atoms with E-state index in [4.69, 9.17) is 0 Å². The Morgan fingerprint density at radius 1 is 1.00 bits per heavy atom. The zero-order valence-corrected chi connectivity index (χ0v) is 17.6. The Labute approximate surface area is 182 Å². The largest absolute Gasteiger partial charge is 0.339 e. The quantitative estimate of drug-likeness (QED) is 0.620. The van der Waals surface area contributed by atoms with E-state index in [1.54, 1.807) is 4.90 Å². The maximum absolute atomic E-state index is 13.3. The molecule has 0 N–H and O–H groups in total. The van der Waals surface area contributed by atoms with Crippen LogP contribution in [0.1, 0.15) is 29.4 Å². The SMILES string of the molecule is CCCN1CCN(C(=O)c2cnccn2)[C@H](Cc2ccc(-c3ccccc3)cc2)C1=O. The second-order valence-electron chi connectivity index (χ2n) is 7.70. The molecule has 6 nitrogen and oxygen atoms in total. The van der Waals surface area contributed by atoms with Crippen LogP contribution in [0, 0.1) is 0 Å². The molecule has 3 aromatic rings. The number of hydrogen-bond donors (Lipinski definition) is 0. The third-order valence-electron chi connectivity index (χ3n) is 5.61. The van der Waals surface area contributed by atoms with Crippen LogP contribution in [0.3, 0.4) is 0 Å². The molecule has 0 unspecified atom stereocenters. The zero-order chi connectivity index (χ0) is 21.6. The number of amides is 2. The van der Waals surface area contributed by atoms with Crippen molar-refractivity contribution in [3.05, 3.63) is 84.4 Å². The van der Waals surface area contributed by atoms with E-state index in [9.17, 15) is 9.59 Å². The van der Waals surface area contributed by atoms with Crippen LogP contribution in [0.25, 0.3) is 11.1 Å². The minimum atomic E-state index is -0.544. The lowest BCUT2D eigenvalue weighted by molar-refractivity contribution is -0.140. The summed E-state index contributed by atoms with van der Waals surface area (Å²) in [7, 11) is 0. The second-order valence-corrected chi connectivity index (χ2v) is 7.70. The van der Waals surface area contributed by atoms with Gasteiger partial charge in [0.1, 0.15) is 11.7 Å². The third kappa shape index (κ3) is 4.63. The summed E-state index contributed by atoms with van der Waals surface area (Å²) in [6.45, 7) is 3.80. The number of piperazine rings is 1. The average molecular weight is 415 g/mol.